The van der Waals surface area contributed by atoms with E-state index in [2.05, 4.69) is 0 Å². The third-order valence-electron chi connectivity index (χ3n) is 7.18. The lowest BCUT2D eigenvalue weighted by Gasteiger charge is -2.62. The van der Waals surface area contributed by atoms with Crippen LogP contribution in [0, 0.1) is 0 Å². The van der Waals surface area contributed by atoms with Gasteiger partial charge in [-0.3, -0.25) is 0 Å². The van der Waals surface area contributed by atoms with Gasteiger partial charge in [0.2, 0.25) is 0 Å². The molecule has 0 aromatic heterocycles. The van der Waals surface area contributed by atoms with Crippen molar-refractivity contribution in [2.45, 2.75) is 0 Å². The third kappa shape index (κ3) is 3.54. The van der Waals surface area contributed by atoms with E-state index in [0.717, 1.165) is 0 Å². The van der Waals surface area contributed by atoms with E-state index in [1.54, 1.807) is 48.5 Å². The topological polar surface area (TPSA) is 162 Å². The second kappa shape index (κ2) is 7.21. The Kier molecular flexibility index (Phi) is 4.81. The molecule has 0 aliphatic carbocycles. The van der Waals surface area contributed by atoms with Gasteiger partial charge in [-0.2, -0.15) is 0 Å². The number of benzene rings is 4. The van der Waals surface area contributed by atoms with Crippen molar-refractivity contribution in [3.8, 4) is 0 Å². The molecule has 0 bridgehead atoms. The molecular weight excluding hydrogens is 552 g/mol. The molecule has 0 saturated carbocycles. The lowest BCUT2D eigenvalue weighted by molar-refractivity contribution is 0.227. The van der Waals surface area contributed by atoms with Gasteiger partial charge in [-0.1, -0.05) is 121 Å². The zero-order valence-corrected chi connectivity index (χ0v) is 22.6. The largest absolute Gasteiger partial charge is 0.303 e. The highest BCUT2D eigenvalue weighted by Gasteiger charge is 2.78. The Morgan fingerprint density at radius 3 is 0.750 bits per heavy atom. The molecular formula is C30H28O8S2. The van der Waals surface area contributed by atoms with E-state index in [-0.39, 0.29) is 22.3 Å². The standard InChI is InChI=1S/C30H28O8S2/c31-39(32,33,34)27(23-17-9-3-10-18-23)25(21-13-5-1-6-14-21)29-30(39)26(22-15-7-2-8-16-22)28(40(29,35,36,37)38)24-19-11-4-12-20-24/h1-20,31-38H. The van der Waals surface area contributed by atoms with Gasteiger partial charge in [0.05, 0.1) is 38.5 Å². The zero-order chi connectivity index (χ0) is 28.7. The second-order valence-electron chi connectivity index (χ2n) is 10.2. The highest BCUT2D eigenvalue weighted by molar-refractivity contribution is 8.62. The van der Waals surface area contributed by atoms with E-state index in [1.165, 1.54) is 72.8 Å². The highest BCUT2D eigenvalue weighted by atomic mass is 32.4. The quantitative estimate of drug-likeness (QED) is 0.119. The normalized spacial score (nSPS) is 26.2. The fraction of sp³-hybridized carbons (Fsp3) is 0. The van der Waals surface area contributed by atoms with Crippen LogP contribution in [-0.2, 0) is 0 Å². The van der Waals surface area contributed by atoms with Gasteiger partial charge in [0, 0.05) is 11.1 Å². The summed E-state index contributed by atoms with van der Waals surface area (Å²) in [7, 11) is -15.6. The Labute approximate surface area is 229 Å². The van der Waals surface area contributed by atoms with Crippen LogP contribution < -0.4 is 0 Å². The molecule has 0 saturated heterocycles. The maximum Gasteiger partial charge on any atom is 0.0934 e. The molecule has 6 rings (SSSR count). The van der Waals surface area contributed by atoms with E-state index in [0.29, 0.717) is 0 Å². The average molecular weight is 581 g/mol. The highest BCUT2D eigenvalue weighted by Crippen LogP contribution is 3.07. The summed E-state index contributed by atoms with van der Waals surface area (Å²) in [6.07, 6.45) is 0. The monoisotopic (exact) mass is 580 g/mol. The predicted octanol–water partition coefficient (Wildman–Crippen LogP) is 8.90. The van der Waals surface area contributed by atoms with E-state index in [9.17, 15) is 36.4 Å². The molecule has 10 heteroatoms. The predicted molar refractivity (Wildman–Crippen MR) is 163 cm³/mol. The van der Waals surface area contributed by atoms with Crippen LogP contribution in [0.25, 0.3) is 21.0 Å². The van der Waals surface area contributed by atoms with Crippen LogP contribution in [0.5, 0.6) is 0 Å². The van der Waals surface area contributed by atoms with Gasteiger partial charge < -0.3 is 36.4 Å². The fourth-order valence-electron chi connectivity index (χ4n) is 5.74. The molecule has 2 aliphatic heterocycles. The minimum atomic E-state index is -7.79. The number of allylic oxidation sites excluding steroid dienone is 2. The Hall–Kier alpha value is -3.52. The summed E-state index contributed by atoms with van der Waals surface area (Å²) >= 11 is 0. The Bertz CT molecular complexity index is 1660. The minimum absolute atomic E-state index is 0.0421. The number of hydrogen-bond donors (Lipinski definition) is 8. The summed E-state index contributed by atoms with van der Waals surface area (Å²) in [5, 5.41) is 0. The number of rotatable bonds is 4. The van der Waals surface area contributed by atoms with Gasteiger partial charge in [-0.25, -0.2) is 0 Å². The molecule has 40 heavy (non-hydrogen) atoms. The molecule has 0 spiro atoms. The van der Waals surface area contributed by atoms with Crippen molar-refractivity contribution in [1.29, 1.82) is 0 Å². The molecule has 0 fully saturated rings. The van der Waals surface area contributed by atoms with Crippen molar-refractivity contribution < 1.29 is 36.4 Å². The average Bonchev–Trinajstić information content (AvgIpc) is 3.22. The summed E-state index contributed by atoms with van der Waals surface area (Å²) in [6.45, 7) is 0. The molecule has 0 amide bonds. The summed E-state index contributed by atoms with van der Waals surface area (Å²) in [5.41, 5.74) is -1.21. The fourth-order valence-corrected chi connectivity index (χ4v) is 12.6. The van der Waals surface area contributed by atoms with Gasteiger partial charge in [-0.05, 0) is 22.3 Å². The molecule has 0 radical (unpaired) electrons. The van der Waals surface area contributed by atoms with E-state index in [1.807, 2.05) is 0 Å². The molecule has 0 unspecified atom stereocenters. The van der Waals surface area contributed by atoms with Crippen LogP contribution in [0.4, 0.5) is 0 Å². The lowest BCUT2D eigenvalue weighted by atomic mass is 9.98. The maximum atomic E-state index is 12.1. The van der Waals surface area contributed by atoms with Crippen LogP contribution >= 0.6 is 18.8 Å². The van der Waals surface area contributed by atoms with Crippen molar-refractivity contribution in [2.24, 2.45) is 0 Å². The molecule has 0 atom stereocenters. The third-order valence-corrected chi connectivity index (χ3v) is 12.7. The van der Waals surface area contributed by atoms with Crippen LogP contribution in [-0.4, -0.2) is 36.4 Å². The Morgan fingerprint density at radius 2 is 0.500 bits per heavy atom. The van der Waals surface area contributed by atoms with E-state index < -0.39 is 49.6 Å². The zero-order valence-electron chi connectivity index (χ0n) is 20.9. The van der Waals surface area contributed by atoms with Crippen molar-refractivity contribution >= 4 is 39.8 Å². The Balaban J connectivity index is 1.90. The molecule has 8 nitrogen and oxygen atoms in total. The van der Waals surface area contributed by atoms with E-state index in [4.69, 9.17) is 0 Å². The van der Waals surface area contributed by atoms with Crippen molar-refractivity contribution in [1.82, 2.24) is 0 Å². The van der Waals surface area contributed by atoms with Gasteiger partial charge in [0.25, 0.3) is 0 Å². The van der Waals surface area contributed by atoms with Crippen LogP contribution in [0.15, 0.2) is 131 Å². The first-order valence-corrected chi connectivity index (χ1v) is 16.7. The van der Waals surface area contributed by atoms with Gasteiger partial charge in [0.1, 0.15) is 0 Å². The first-order chi connectivity index (χ1) is 18.5. The van der Waals surface area contributed by atoms with Crippen molar-refractivity contribution in [2.75, 3.05) is 0 Å². The van der Waals surface area contributed by atoms with Crippen LogP contribution in [0.1, 0.15) is 22.3 Å². The Morgan fingerprint density at radius 1 is 0.275 bits per heavy atom. The maximum absolute atomic E-state index is 12.1. The molecule has 2 heterocycles. The second-order valence-corrected chi connectivity index (χ2v) is 17.1. The first-order valence-electron chi connectivity index (χ1n) is 12.2. The minimum Gasteiger partial charge on any atom is -0.303 e. The summed E-state index contributed by atoms with van der Waals surface area (Å²) in [6, 6.07) is 30.0. The van der Waals surface area contributed by atoms with Crippen LogP contribution in [0.2, 0.25) is 0 Å². The van der Waals surface area contributed by atoms with Gasteiger partial charge >= 0.3 is 0 Å². The summed E-state index contributed by atoms with van der Waals surface area (Å²) in [4.78, 5) is -4.18. The van der Waals surface area contributed by atoms with Crippen LogP contribution in [0.3, 0.4) is 0 Å². The summed E-state index contributed by atoms with van der Waals surface area (Å²) < 4.78 is 96.9. The van der Waals surface area contributed by atoms with Crippen molar-refractivity contribution in [3.05, 3.63) is 153 Å². The molecule has 8 N–H and O–H groups in total. The molecule has 208 valence electrons. The molecule has 4 aromatic rings. The molecule has 4 aromatic carbocycles. The SMILES string of the molecule is OS1(O)(O)(O)C2=C(C(c3ccccc3)=C1c1ccccc1)S(O)(O)(O)(O)C(c1ccccc1)=C2c1ccccc1. The lowest BCUT2D eigenvalue weighted by Crippen LogP contribution is -2.35. The van der Waals surface area contributed by atoms with E-state index >= 15 is 0 Å². The summed E-state index contributed by atoms with van der Waals surface area (Å²) in [5.74, 6) is 0. The number of hydrogen-bond acceptors (Lipinski definition) is 8. The van der Waals surface area contributed by atoms with Crippen molar-refractivity contribution in [3.63, 3.8) is 0 Å². The molecule has 2 aliphatic rings. The van der Waals surface area contributed by atoms with Gasteiger partial charge in [-0.15, -0.1) is 0 Å². The van der Waals surface area contributed by atoms with Gasteiger partial charge in [0.15, 0.2) is 0 Å². The smallest absolute Gasteiger partial charge is 0.0934 e. The first kappa shape index (κ1) is 26.7.